The maximum Gasteiger partial charge on any atom is 0.308 e. The molecule has 1 aliphatic heterocycles. The molecule has 7 nitrogen and oxygen atoms in total. The number of piperazine rings is 1. The fourth-order valence-electron chi connectivity index (χ4n) is 3.79. The lowest BCUT2D eigenvalue weighted by molar-refractivity contribution is -0.147. The summed E-state index contributed by atoms with van der Waals surface area (Å²) in [5, 5.41) is 2.75. The Labute approximate surface area is 208 Å². The minimum atomic E-state index is -0.920. The second-order valence-electron chi connectivity index (χ2n) is 8.16. The van der Waals surface area contributed by atoms with E-state index in [-0.39, 0.29) is 18.2 Å². The van der Waals surface area contributed by atoms with Gasteiger partial charge in [0.25, 0.3) is 5.91 Å². The number of nitrogens with zero attached hydrogens (tertiary/aromatic N) is 1. The first-order valence-electron chi connectivity index (χ1n) is 11.7. The number of carbonyl (C=O) groups excluding carboxylic acids is 3. The maximum atomic E-state index is 13.5. The van der Waals surface area contributed by atoms with Gasteiger partial charge in [0, 0.05) is 24.0 Å². The van der Waals surface area contributed by atoms with Gasteiger partial charge in [0.2, 0.25) is 5.91 Å². The molecule has 0 radical (unpaired) electrons. The summed E-state index contributed by atoms with van der Waals surface area (Å²) in [6.07, 6.45) is 3.29. The summed E-state index contributed by atoms with van der Waals surface area (Å²) in [5.41, 5.74) is 1.48. The first kappa shape index (κ1) is 25.7. The molecule has 0 bridgehead atoms. The van der Waals surface area contributed by atoms with Crippen LogP contribution in [0.3, 0.4) is 0 Å². The number of hydrogen-bond acceptors (Lipinski definition) is 5. The standard InChI is InChI=1S/C26H31BrN2O5/c1-2-3-7-15-34-24(30)18-22-25(31)28-13-14-29(22)26(32)21-17-20(27)10-11-23(21)33-16-12-19-8-5-4-6-9-19/h4-6,8-11,17,22H,2-3,7,12-16,18H2,1H3,(H,28,31). The summed E-state index contributed by atoms with van der Waals surface area (Å²) in [6.45, 7) is 3.42. The van der Waals surface area contributed by atoms with Crippen molar-refractivity contribution in [2.24, 2.45) is 0 Å². The van der Waals surface area contributed by atoms with Crippen LogP contribution < -0.4 is 10.1 Å². The number of carbonyl (C=O) groups is 3. The van der Waals surface area contributed by atoms with E-state index in [1.165, 1.54) is 4.90 Å². The number of hydrogen-bond donors (Lipinski definition) is 1. The Morgan fingerprint density at radius 2 is 1.91 bits per heavy atom. The number of ether oxygens (including phenoxy) is 2. The Hall–Kier alpha value is -2.87. The van der Waals surface area contributed by atoms with Crippen molar-refractivity contribution >= 4 is 33.7 Å². The fourth-order valence-corrected chi connectivity index (χ4v) is 4.15. The van der Waals surface area contributed by atoms with Crippen molar-refractivity contribution < 1.29 is 23.9 Å². The molecule has 1 aliphatic rings. The number of amides is 2. The zero-order chi connectivity index (χ0) is 24.3. The van der Waals surface area contributed by atoms with Gasteiger partial charge < -0.3 is 19.7 Å². The van der Waals surface area contributed by atoms with Crippen LogP contribution in [0.4, 0.5) is 0 Å². The quantitative estimate of drug-likeness (QED) is 0.348. The fraction of sp³-hybridized carbons (Fsp3) is 0.423. The van der Waals surface area contributed by atoms with Crippen molar-refractivity contribution in [3.63, 3.8) is 0 Å². The van der Waals surface area contributed by atoms with Gasteiger partial charge in [0.15, 0.2) is 0 Å². The topological polar surface area (TPSA) is 84.9 Å². The molecule has 34 heavy (non-hydrogen) atoms. The van der Waals surface area contributed by atoms with E-state index in [0.717, 1.165) is 29.3 Å². The molecule has 1 unspecified atom stereocenters. The summed E-state index contributed by atoms with van der Waals surface area (Å²) in [7, 11) is 0. The van der Waals surface area contributed by atoms with Crippen LogP contribution in [0, 0.1) is 0 Å². The smallest absolute Gasteiger partial charge is 0.308 e. The lowest BCUT2D eigenvalue weighted by Gasteiger charge is -2.35. The molecule has 0 aliphatic carbocycles. The molecule has 2 aromatic rings. The van der Waals surface area contributed by atoms with Gasteiger partial charge >= 0.3 is 5.97 Å². The Bertz CT molecular complexity index is 982. The molecular formula is C26H31BrN2O5. The van der Waals surface area contributed by atoms with Crippen LogP contribution in [0.25, 0.3) is 0 Å². The molecule has 8 heteroatoms. The number of nitrogens with one attached hydrogen (secondary N) is 1. The number of unbranched alkanes of at least 4 members (excludes halogenated alkanes) is 2. The summed E-state index contributed by atoms with van der Waals surface area (Å²) >= 11 is 3.42. The Morgan fingerprint density at radius 1 is 1.12 bits per heavy atom. The highest BCUT2D eigenvalue weighted by Crippen LogP contribution is 2.27. The van der Waals surface area contributed by atoms with Crippen LogP contribution in [0.5, 0.6) is 5.75 Å². The number of rotatable bonds is 11. The van der Waals surface area contributed by atoms with Crippen molar-refractivity contribution in [2.45, 2.75) is 45.1 Å². The van der Waals surface area contributed by atoms with Gasteiger partial charge in [-0.2, -0.15) is 0 Å². The van der Waals surface area contributed by atoms with Gasteiger partial charge in [-0.05, 0) is 30.2 Å². The average Bonchev–Trinajstić information content (AvgIpc) is 2.84. The molecule has 0 spiro atoms. The highest BCUT2D eigenvalue weighted by Gasteiger charge is 2.36. The van der Waals surface area contributed by atoms with Crippen LogP contribution in [0.2, 0.25) is 0 Å². The van der Waals surface area contributed by atoms with Crippen LogP contribution >= 0.6 is 15.9 Å². The molecule has 1 fully saturated rings. The summed E-state index contributed by atoms with van der Waals surface area (Å²) < 4.78 is 12.0. The Kier molecular flexibility index (Phi) is 9.94. The van der Waals surface area contributed by atoms with Crippen molar-refractivity contribution in [3.8, 4) is 5.75 Å². The number of esters is 1. The zero-order valence-electron chi connectivity index (χ0n) is 19.4. The molecule has 182 valence electrons. The molecule has 1 N–H and O–H groups in total. The predicted octanol–water partition coefficient (Wildman–Crippen LogP) is 4.13. The van der Waals surface area contributed by atoms with Crippen molar-refractivity contribution in [3.05, 3.63) is 64.1 Å². The molecular weight excluding hydrogens is 500 g/mol. The second-order valence-corrected chi connectivity index (χ2v) is 9.08. The zero-order valence-corrected chi connectivity index (χ0v) is 21.0. The number of benzene rings is 2. The SMILES string of the molecule is CCCCCOC(=O)CC1C(=O)NCCN1C(=O)c1cc(Br)ccc1OCCc1ccccc1. The van der Waals surface area contributed by atoms with E-state index in [2.05, 4.69) is 28.2 Å². The van der Waals surface area contributed by atoms with E-state index < -0.39 is 12.0 Å². The van der Waals surface area contributed by atoms with Crippen LogP contribution in [0.1, 0.15) is 48.5 Å². The van der Waals surface area contributed by atoms with E-state index in [0.29, 0.717) is 44.0 Å². The van der Waals surface area contributed by atoms with Crippen molar-refractivity contribution in [1.29, 1.82) is 0 Å². The molecule has 2 amide bonds. The summed E-state index contributed by atoms with van der Waals surface area (Å²) in [4.78, 5) is 39.9. The molecule has 1 atom stereocenters. The van der Waals surface area contributed by atoms with Crippen LogP contribution in [-0.2, 0) is 20.7 Å². The third-order valence-electron chi connectivity index (χ3n) is 5.63. The van der Waals surface area contributed by atoms with E-state index in [1.807, 2.05) is 36.4 Å². The minimum Gasteiger partial charge on any atom is -0.492 e. The molecule has 3 rings (SSSR count). The van der Waals surface area contributed by atoms with Crippen molar-refractivity contribution in [1.82, 2.24) is 10.2 Å². The molecule has 1 saturated heterocycles. The normalized spacial score (nSPS) is 15.5. The number of halogens is 1. The summed E-state index contributed by atoms with van der Waals surface area (Å²) in [6, 6.07) is 14.3. The van der Waals surface area contributed by atoms with Crippen molar-refractivity contribution in [2.75, 3.05) is 26.3 Å². The molecule has 0 saturated carbocycles. The third-order valence-corrected chi connectivity index (χ3v) is 6.12. The van der Waals surface area contributed by atoms with Gasteiger partial charge in [-0.15, -0.1) is 0 Å². The van der Waals surface area contributed by atoms with Gasteiger partial charge in [-0.3, -0.25) is 14.4 Å². The predicted molar refractivity (Wildman–Crippen MR) is 133 cm³/mol. The highest BCUT2D eigenvalue weighted by atomic mass is 79.9. The van der Waals surface area contributed by atoms with Gasteiger partial charge in [-0.25, -0.2) is 0 Å². The van der Waals surface area contributed by atoms with E-state index in [4.69, 9.17) is 9.47 Å². The first-order chi connectivity index (χ1) is 16.5. The summed E-state index contributed by atoms with van der Waals surface area (Å²) in [5.74, 6) is -0.748. The minimum absolute atomic E-state index is 0.179. The highest BCUT2D eigenvalue weighted by molar-refractivity contribution is 9.10. The lowest BCUT2D eigenvalue weighted by Crippen LogP contribution is -2.57. The monoisotopic (exact) mass is 530 g/mol. The molecule has 2 aromatic carbocycles. The first-order valence-corrected chi connectivity index (χ1v) is 12.5. The van der Waals surface area contributed by atoms with Crippen LogP contribution in [0.15, 0.2) is 53.0 Å². The lowest BCUT2D eigenvalue weighted by atomic mass is 10.1. The van der Waals surface area contributed by atoms with E-state index in [9.17, 15) is 14.4 Å². The van der Waals surface area contributed by atoms with E-state index in [1.54, 1.807) is 12.1 Å². The Balaban J connectivity index is 1.70. The third kappa shape index (κ3) is 7.32. The molecule has 0 aromatic heterocycles. The van der Waals surface area contributed by atoms with Crippen LogP contribution in [-0.4, -0.2) is 55.0 Å². The van der Waals surface area contributed by atoms with Gasteiger partial charge in [0.1, 0.15) is 11.8 Å². The Morgan fingerprint density at radius 3 is 2.68 bits per heavy atom. The van der Waals surface area contributed by atoms with E-state index >= 15 is 0 Å². The van der Waals surface area contributed by atoms with Gasteiger partial charge in [-0.1, -0.05) is 66.0 Å². The average molecular weight is 531 g/mol. The molecule has 1 heterocycles. The maximum absolute atomic E-state index is 13.5. The largest absolute Gasteiger partial charge is 0.492 e. The second kappa shape index (κ2) is 13.1. The van der Waals surface area contributed by atoms with Gasteiger partial charge in [0.05, 0.1) is 25.2 Å².